The molecule has 1 fully saturated rings. The summed E-state index contributed by atoms with van der Waals surface area (Å²) in [7, 11) is -3.82. The highest BCUT2D eigenvalue weighted by atomic mass is 35.5. The van der Waals surface area contributed by atoms with Gasteiger partial charge < -0.3 is 11.1 Å². The van der Waals surface area contributed by atoms with Gasteiger partial charge in [-0.05, 0) is 55.7 Å². The predicted octanol–water partition coefficient (Wildman–Crippen LogP) is 3.48. The predicted molar refractivity (Wildman–Crippen MR) is 119 cm³/mol. The van der Waals surface area contributed by atoms with E-state index in [-0.39, 0.29) is 10.8 Å². The van der Waals surface area contributed by atoms with Gasteiger partial charge >= 0.3 is 0 Å². The molecule has 30 heavy (non-hydrogen) atoms. The van der Waals surface area contributed by atoms with Crippen LogP contribution in [0, 0.1) is 5.92 Å². The van der Waals surface area contributed by atoms with Gasteiger partial charge in [0.05, 0.1) is 9.90 Å². The number of rotatable bonds is 5. The Morgan fingerprint density at radius 2 is 2.03 bits per heavy atom. The number of fused-ring (bicyclic) bond motifs is 1. The topological polar surface area (TPSA) is 110 Å². The van der Waals surface area contributed by atoms with Crippen molar-refractivity contribution < 1.29 is 18.0 Å². The van der Waals surface area contributed by atoms with Crippen LogP contribution >= 0.6 is 34.3 Å². The molecule has 0 radical (unpaired) electrons. The van der Waals surface area contributed by atoms with Gasteiger partial charge in [0, 0.05) is 11.4 Å². The van der Waals surface area contributed by atoms with Gasteiger partial charge in [0.2, 0.25) is 5.91 Å². The van der Waals surface area contributed by atoms with Gasteiger partial charge in [0.15, 0.2) is 0 Å². The third-order valence-corrected chi connectivity index (χ3v) is 10.4. The maximum Gasteiger partial charge on any atom is 0.253 e. The van der Waals surface area contributed by atoms with Gasteiger partial charge in [0.25, 0.3) is 15.9 Å². The molecule has 11 heteroatoms. The first-order chi connectivity index (χ1) is 14.2. The molecular weight excluding hydrogens is 466 g/mol. The number of carbonyl (C=O) groups is 2. The van der Waals surface area contributed by atoms with Crippen molar-refractivity contribution in [3.8, 4) is 0 Å². The SMILES string of the molecule is C[C@H]1CCc2c(sc(NC(=O)[C@H]3CCCN3S(=O)(=O)c3ccc(Cl)s3)c2C(N)=O)C1. The number of anilines is 1. The number of halogens is 1. The average molecular weight is 488 g/mol. The molecular formula is C19H22ClN3O4S3. The van der Waals surface area contributed by atoms with Gasteiger partial charge in [-0.15, -0.1) is 22.7 Å². The summed E-state index contributed by atoms with van der Waals surface area (Å²) in [5.41, 5.74) is 6.91. The summed E-state index contributed by atoms with van der Waals surface area (Å²) in [4.78, 5) is 26.3. The Balaban J connectivity index is 1.60. The fourth-order valence-corrected chi connectivity index (χ4v) is 8.82. The van der Waals surface area contributed by atoms with Crippen molar-refractivity contribution in [2.24, 2.45) is 11.7 Å². The molecule has 3 heterocycles. The Morgan fingerprint density at radius 3 is 2.70 bits per heavy atom. The van der Waals surface area contributed by atoms with Crippen LogP contribution in [0.2, 0.25) is 4.34 Å². The number of amides is 2. The monoisotopic (exact) mass is 487 g/mol. The lowest BCUT2D eigenvalue weighted by Crippen LogP contribution is -2.43. The summed E-state index contributed by atoms with van der Waals surface area (Å²) < 4.78 is 27.7. The number of hydrogen-bond donors (Lipinski definition) is 2. The molecule has 1 aliphatic heterocycles. The van der Waals surface area contributed by atoms with Gasteiger partial charge in [-0.25, -0.2) is 8.42 Å². The lowest BCUT2D eigenvalue weighted by atomic mass is 9.88. The number of primary amides is 1. The number of thiophene rings is 2. The molecule has 1 aliphatic carbocycles. The largest absolute Gasteiger partial charge is 0.365 e. The minimum atomic E-state index is -3.82. The molecule has 0 spiro atoms. The maximum atomic E-state index is 13.1. The number of nitrogens with one attached hydrogen (secondary N) is 1. The zero-order valence-electron chi connectivity index (χ0n) is 16.3. The van der Waals surface area contributed by atoms with Crippen LogP contribution in [0.3, 0.4) is 0 Å². The van der Waals surface area contributed by atoms with Crippen LogP contribution in [0.4, 0.5) is 5.00 Å². The molecule has 4 rings (SSSR count). The van der Waals surface area contributed by atoms with Crippen LogP contribution in [0.25, 0.3) is 0 Å². The molecule has 1 saturated heterocycles. The molecule has 7 nitrogen and oxygen atoms in total. The van der Waals surface area contributed by atoms with Crippen LogP contribution in [0.15, 0.2) is 16.3 Å². The first kappa shape index (κ1) is 21.8. The third kappa shape index (κ3) is 3.91. The van der Waals surface area contributed by atoms with Crippen LogP contribution in [-0.2, 0) is 27.7 Å². The molecule has 2 atom stereocenters. The van der Waals surface area contributed by atoms with Gasteiger partial charge in [-0.3, -0.25) is 9.59 Å². The highest BCUT2D eigenvalue weighted by Gasteiger charge is 2.40. The second-order valence-corrected chi connectivity index (χ2v) is 12.7. The van der Waals surface area contributed by atoms with Crippen LogP contribution in [-0.4, -0.2) is 37.1 Å². The van der Waals surface area contributed by atoms with Crippen molar-refractivity contribution in [2.45, 2.75) is 49.3 Å². The molecule has 2 amide bonds. The Kier molecular flexibility index (Phi) is 5.97. The van der Waals surface area contributed by atoms with E-state index in [0.717, 1.165) is 41.0 Å². The fourth-order valence-electron chi connectivity index (χ4n) is 4.14. The van der Waals surface area contributed by atoms with E-state index >= 15 is 0 Å². The molecule has 0 saturated carbocycles. The van der Waals surface area contributed by atoms with Gasteiger partial charge in [-0.1, -0.05) is 18.5 Å². The molecule has 0 unspecified atom stereocenters. The van der Waals surface area contributed by atoms with E-state index in [1.807, 2.05) is 0 Å². The van der Waals surface area contributed by atoms with Crippen molar-refractivity contribution in [3.05, 3.63) is 32.5 Å². The fraction of sp³-hybridized carbons (Fsp3) is 0.474. The van der Waals surface area contributed by atoms with E-state index in [1.165, 1.54) is 27.8 Å². The molecule has 2 aromatic heterocycles. The second kappa shape index (κ2) is 8.23. The Hall–Kier alpha value is -1.46. The first-order valence-corrected chi connectivity index (χ1v) is 13.2. The number of carbonyl (C=O) groups excluding carboxylic acids is 2. The number of sulfonamides is 1. The van der Waals surface area contributed by atoms with Crippen molar-refractivity contribution in [2.75, 3.05) is 11.9 Å². The highest BCUT2D eigenvalue weighted by molar-refractivity contribution is 7.91. The molecule has 3 N–H and O–H groups in total. The number of nitrogens with two attached hydrogens (primary N) is 1. The van der Waals surface area contributed by atoms with E-state index in [1.54, 1.807) is 0 Å². The summed E-state index contributed by atoms with van der Waals surface area (Å²) in [6.07, 6.45) is 3.56. The lowest BCUT2D eigenvalue weighted by Gasteiger charge is -2.22. The van der Waals surface area contributed by atoms with Crippen molar-refractivity contribution in [1.29, 1.82) is 0 Å². The standard InChI is InChI=1S/C19H22ClN3O4S3/c1-10-4-5-11-13(9-10)28-19(16(11)17(21)24)22-18(25)12-3-2-8-23(12)30(26,27)15-7-6-14(20)29-15/h6-7,10,12H,2-5,8-9H2,1H3,(H2,21,24)(H,22,25)/t10-,12+/m0/s1. The molecule has 2 aromatic rings. The van der Waals surface area contributed by atoms with Crippen molar-refractivity contribution in [1.82, 2.24) is 4.31 Å². The van der Waals surface area contributed by atoms with E-state index in [9.17, 15) is 18.0 Å². The minimum absolute atomic E-state index is 0.116. The van der Waals surface area contributed by atoms with Gasteiger partial charge in [0.1, 0.15) is 15.3 Å². The summed E-state index contributed by atoms with van der Waals surface area (Å²) in [5, 5.41) is 3.24. The van der Waals surface area contributed by atoms with Crippen LogP contribution in [0.5, 0.6) is 0 Å². The van der Waals surface area contributed by atoms with E-state index in [2.05, 4.69) is 12.2 Å². The number of hydrogen-bond acceptors (Lipinski definition) is 6. The van der Waals surface area contributed by atoms with E-state index in [4.69, 9.17) is 17.3 Å². The van der Waals surface area contributed by atoms with Crippen LogP contribution in [0.1, 0.15) is 47.0 Å². The van der Waals surface area contributed by atoms with Gasteiger partial charge in [-0.2, -0.15) is 4.31 Å². The highest BCUT2D eigenvalue weighted by Crippen LogP contribution is 2.40. The lowest BCUT2D eigenvalue weighted by molar-refractivity contribution is -0.119. The quantitative estimate of drug-likeness (QED) is 0.672. The Morgan fingerprint density at radius 1 is 1.27 bits per heavy atom. The summed E-state index contributed by atoms with van der Waals surface area (Å²) in [5.74, 6) is -0.497. The van der Waals surface area contributed by atoms with Crippen molar-refractivity contribution >= 4 is 61.1 Å². The summed E-state index contributed by atoms with van der Waals surface area (Å²) in [6, 6.07) is 2.14. The molecule has 0 aromatic carbocycles. The maximum absolute atomic E-state index is 13.1. The van der Waals surface area contributed by atoms with Crippen molar-refractivity contribution in [3.63, 3.8) is 0 Å². The number of nitrogens with zero attached hydrogens (tertiary/aromatic N) is 1. The Labute approximate surface area is 188 Å². The van der Waals surface area contributed by atoms with E-state index < -0.39 is 27.9 Å². The first-order valence-electron chi connectivity index (χ1n) is 9.71. The zero-order chi connectivity index (χ0) is 21.6. The smallest absolute Gasteiger partial charge is 0.253 e. The second-order valence-electron chi connectivity index (χ2n) is 7.74. The normalized spacial score (nSPS) is 22.1. The Bertz CT molecular complexity index is 1110. The zero-order valence-corrected chi connectivity index (χ0v) is 19.5. The molecule has 2 aliphatic rings. The van der Waals surface area contributed by atoms with E-state index in [0.29, 0.717) is 33.7 Å². The average Bonchev–Trinajstić information content (AvgIpc) is 3.38. The summed E-state index contributed by atoms with van der Waals surface area (Å²) >= 11 is 8.24. The summed E-state index contributed by atoms with van der Waals surface area (Å²) in [6.45, 7) is 2.42. The van der Waals surface area contributed by atoms with Crippen LogP contribution < -0.4 is 11.1 Å². The molecule has 162 valence electrons. The minimum Gasteiger partial charge on any atom is -0.365 e. The third-order valence-electron chi connectivity index (χ3n) is 5.61. The molecule has 0 bridgehead atoms.